The molecule has 1 N–H and O–H groups in total. The predicted octanol–water partition coefficient (Wildman–Crippen LogP) is 3.29. The second-order valence-corrected chi connectivity index (χ2v) is 7.41. The lowest BCUT2D eigenvalue weighted by atomic mass is 9.99. The first-order valence-corrected chi connectivity index (χ1v) is 10.5. The molecule has 0 amide bonds. The number of aryl methyl sites for hydroxylation is 1. The van der Waals surface area contributed by atoms with Crippen LogP contribution in [0.5, 0.6) is 23.0 Å². The van der Waals surface area contributed by atoms with Crippen LogP contribution in [0.3, 0.4) is 0 Å². The third-order valence-electron chi connectivity index (χ3n) is 5.60. The fourth-order valence-corrected chi connectivity index (χ4v) is 3.93. The van der Waals surface area contributed by atoms with E-state index in [9.17, 15) is 0 Å². The van der Waals surface area contributed by atoms with Gasteiger partial charge < -0.3 is 29.2 Å². The normalized spacial score (nSPS) is 13.5. The molecule has 2 aromatic carbocycles. The number of nitrogens with zero attached hydrogens (tertiary/aromatic N) is 2. The summed E-state index contributed by atoms with van der Waals surface area (Å²) in [5.74, 6) is 3.99. The smallest absolute Gasteiger partial charge is 0.193 e. The minimum atomic E-state index is 0.754. The molecule has 0 fully saturated rings. The Kier molecular flexibility index (Phi) is 7.87. The molecule has 2 aromatic rings. The van der Waals surface area contributed by atoms with Gasteiger partial charge in [-0.25, -0.2) is 0 Å². The fraction of sp³-hybridized carbons (Fsp3) is 0.458. The number of benzene rings is 2. The number of guanidine groups is 1. The second kappa shape index (κ2) is 10.8. The van der Waals surface area contributed by atoms with Crippen LogP contribution in [0.2, 0.25) is 0 Å². The quantitative estimate of drug-likeness (QED) is 0.396. The van der Waals surface area contributed by atoms with Gasteiger partial charge in [-0.3, -0.25) is 4.99 Å². The summed E-state index contributed by atoms with van der Waals surface area (Å²) in [6.07, 6.45) is 2.89. The molecule has 31 heavy (non-hydrogen) atoms. The monoisotopic (exact) mass is 427 g/mol. The lowest BCUT2D eigenvalue weighted by molar-refractivity contribution is 0.346. The van der Waals surface area contributed by atoms with Crippen molar-refractivity contribution in [2.75, 3.05) is 48.6 Å². The van der Waals surface area contributed by atoms with E-state index in [1.165, 1.54) is 16.7 Å². The number of rotatable bonds is 8. The molecule has 0 atom stereocenters. The highest BCUT2D eigenvalue weighted by Gasteiger charge is 2.21. The van der Waals surface area contributed by atoms with Gasteiger partial charge in [0.15, 0.2) is 29.0 Å². The molecule has 1 heterocycles. The third kappa shape index (κ3) is 5.34. The van der Waals surface area contributed by atoms with Crippen LogP contribution in [-0.2, 0) is 19.4 Å². The number of methoxy groups -OCH3 is 4. The summed E-state index contributed by atoms with van der Waals surface area (Å²) in [5, 5.41) is 3.51. The Morgan fingerprint density at radius 2 is 1.55 bits per heavy atom. The molecule has 168 valence electrons. The maximum Gasteiger partial charge on any atom is 0.193 e. The van der Waals surface area contributed by atoms with Gasteiger partial charge in [0.05, 0.1) is 28.4 Å². The molecule has 0 spiro atoms. The number of hydrogen-bond acceptors (Lipinski definition) is 5. The Labute approximate surface area is 185 Å². The summed E-state index contributed by atoms with van der Waals surface area (Å²) in [4.78, 5) is 6.78. The number of aliphatic imine (C=N–C) groups is 1. The summed E-state index contributed by atoms with van der Waals surface area (Å²) in [6.45, 7) is 2.55. The number of ether oxygens (including phenoxy) is 4. The Morgan fingerprint density at radius 1 is 0.903 bits per heavy atom. The predicted molar refractivity (Wildman–Crippen MR) is 123 cm³/mol. The Bertz CT molecular complexity index is 914. The first-order valence-electron chi connectivity index (χ1n) is 10.5. The third-order valence-corrected chi connectivity index (χ3v) is 5.60. The van der Waals surface area contributed by atoms with Crippen molar-refractivity contribution in [2.45, 2.75) is 25.8 Å². The lowest BCUT2D eigenvalue weighted by Crippen LogP contribution is -2.44. The summed E-state index contributed by atoms with van der Waals surface area (Å²) < 4.78 is 21.6. The topological polar surface area (TPSA) is 64.6 Å². The standard InChI is InChI=1S/C24H33N3O4/c1-25-24(26-11-6-7-17-8-9-20(28-2)21(13-17)29-3)27-12-10-18-14-22(30-4)23(31-5)15-19(18)16-27/h8-9,13-15H,6-7,10-12,16H2,1-5H3,(H,25,26). The molecule has 0 bridgehead atoms. The van der Waals surface area contributed by atoms with Crippen LogP contribution in [0.1, 0.15) is 23.1 Å². The van der Waals surface area contributed by atoms with E-state index in [1.54, 1.807) is 28.4 Å². The van der Waals surface area contributed by atoms with E-state index >= 15 is 0 Å². The largest absolute Gasteiger partial charge is 0.493 e. The summed E-state index contributed by atoms with van der Waals surface area (Å²) in [7, 11) is 8.49. The van der Waals surface area contributed by atoms with Crippen LogP contribution in [0.25, 0.3) is 0 Å². The van der Waals surface area contributed by atoms with Crippen molar-refractivity contribution in [3.63, 3.8) is 0 Å². The van der Waals surface area contributed by atoms with E-state index < -0.39 is 0 Å². The molecule has 3 rings (SSSR count). The maximum atomic E-state index is 5.47. The molecule has 0 aromatic heterocycles. The number of hydrogen-bond donors (Lipinski definition) is 1. The van der Waals surface area contributed by atoms with Crippen LogP contribution in [0.15, 0.2) is 35.3 Å². The van der Waals surface area contributed by atoms with Crippen molar-refractivity contribution in [3.05, 3.63) is 47.0 Å². The molecular weight excluding hydrogens is 394 g/mol. The first kappa shape index (κ1) is 22.6. The zero-order chi connectivity index (χ0) is 22.2. The summed E-state index contributed by atoms with van der Waals surface area (Å²) in [5.41, 5.74) is 3.78. The van der Waals surface area contributed by atoms with Gasteiger partial charge in [0.1, 0.15) is 0 Å². The molecular formula is C24H33N3O4. The average molecular weight is 428 g/mol. The van der Waals surface area contributed by atoms with Gasteiger partial charge in [0, 0.05) is 26.7 Å². The highest BCUT2D eigenvalue weighted by Crippen LogP contribution is 2.33. The van der Waals surface area contributed by atoms with Crippen LogP contribution in [0, 0.1) is 0 Å². The molecule has 0 radical (unpaired) electrons. The van der Waals surface area contributed by atoms with Gasteiger partial charge in [-0.1, -0.05) is 6.07 Å². The van der Waals surface area contributed by atoms with Crippen LogP contribution < -0.4 is 24.3 Å². The minimum Gasteiger partial charge on any atom is -0.493 e. The van der Waals surface area contributed by atoms with Crippen molar-refractivity contribution < 1.29 is 18.9 Å². The van der Waals surface area contributed by atoms with Crippen LogP contribution >= 0.6 is 0 Å². The zero-order valence-electron chi connectivity index (χ0n) is 19.2. The van der Waals surface area contributed by atoms with E-state index in [4.69, 9.17) is 18.9 Å². The summed E-state index contributed by atoms with van der Waals surface area (Å²) in [6, 6.07) is 10.2. The van der Waals surface area contributed by atoms with E-state index in [-0.39, 0.29) is 0 Å². The SMILES string of the molecule is CN=C(NCCCc1ccc(OC)c(OC)c1)N1CCc2cc(OC)c(OC)cc2C1. The van der Waals surface area contributed by atoms with E-state index in [1.807, 2.05) is 19.2 Å². The molecule has 7 nitrogen and oxygen atoms in total. The number of fused-ring (bicyclic) bond motifs is 1. The van der Waals surface area contributed by atoms with Gasteiger partial charge >= 0.3 is 0 Å². The molecule has 1 aliphatic heterocycles. The van der Waals surface area contributed by atoms with Gasteiger partial charge in [-0.2, -0.15) is 0 Å². The van der Waals surface area contributed by atoms with Crippen molar-refractivity contribution in [2.24, 2.45) is 4.99 Å². The van der Waals surface area contributed by atoms with Crippen molar-refractivity contribution in [1.82, 2.24) is 10.2 Å². The van der Waals surface area contributed by atoms with Crippen molar-refractivity contribution in [1.29, 1.82) is 0 Å². The van der Waals surface area contributed by atoms with Gasteiger partial charge in [-0.05, 0) is 60.2 Å². The number of nitrogens with one attached hydrogen (secondary N) is 1. The molecule has 7 heteroatoms. The lowest BCUT2D eigenvalue weighted by Gasteiger charge is -2.32. The average Bonchev–Trinajstić information content (AvgIpc) is 2.82. The first-order chi connectivity index (χ1) is 15.1. The zero-order valence-corrected chi connectivity index (χ0v) is 19.2. The maximum absolute atomic E-state index is 5.47. The van der Waals surface area contributed by atoms with Crippen molar-refractivity contribution >= 4 is 5.96 Å². The van der Waals surface area contributed by atoms with Crippen LogP contribution in [-0.4, -0.2) is 59.4 Å². The van der Waals surface area contributed by atoms with E-state index in [0.717, 1.165) is 67.9 Å². The van der Waals surface area contributed by atoms with Gasteiger partial charge in [-0.15, -0.1) is 0 Å². The highest BCUT2D eigenvalue weighted by atomic mass is 16.5. The highest BCUT2D eigenvalue weighted by molar-refractivity contribution is 5.80. The Hall–Kier alpha value is -3.09. The molecule has 0 unspecified atom stereocenters. The summed E-state index contributed by atoms with van der Waals surface area (Å²) >= 11 is 0. The van der Waals surface area contributed by atoms with Gasteiger partial charge in [0.25, 0.3) is 0 Å². The van der Waals surface area contributed by atoms with Crippen LogP contribution in [0.4, 0.5) is 0 Å². The van der Waals surface area contributed by atoms with Crippen molar-refractivity contribution in [3.8, 4) is 23.0 Å². The Morgan fingerprint density at radius 3 is 2.19 bits per heavy atom. The molecule has 0 saturated heterocycles. The van der Waals surface area contributed by atoms with E-state index in [2.05, 4.69) is 33.4 Å². The van der Waals surface area contributed by atoms with Gasteiger partial charge in [0.2, 0.25) is 0 Å². The minimum absolute atomic E-state index is 0.754. The molecule has 0 aliphatic carbocycles. The molecule has 0 saturated carbocycles. The Balaban J connectivity index is 1.55. The second-order valence-electron chi connectivity index (χ2n) is 7.41. The fourth-order valence-electron chi connectivity index (χ4n) is 3.93. The van der Waals surface area contributed by atoms with E-state index in [0.29, 0.717) is 0 Å². The molecule has 1 aliphatic rings.